The molecule has 3 fully saturated rings. The van der Waals surface area contributed by atoms with Crippen LogP contribution in [0.4, 0.5) is 0 Å². The Morgan fingerprint density at radius 2 is 1.95 bits per heavy atom. The van der Waals surface area contributed by atoms with Gasteiger partial charge in [-0.2, -0.15) is 8.42 Å². The molecule has 0 aromatic heterocycles. The molecule has 0 bridgehead atoms. The van der Waals surface area contributed by atoms with E-state index in [0.717, 1.165) is 0 Å². The lowest BCUT2D eigenvalue weighted by Crippen LogP contribution is -2.60. The van der Waals surface area contributed by atoms with Gasteiger partial charge in [0.25, 0.3) is 0 Å². The van der Waals surface area contributed by atoms with Gasteiger partial charge < -0.3 is 23.7 Å². The second-order valence-corrected chi connectivity index (χ2v) is 6.21. The standard InChI is InChI=1S/C12H21NO8S/c1-10(2)18-7-5-16-12(6-17-22(13,14)15)9(8(7)19-10)20-11(3,4)21-12/h7-9H,5-6H2,1-4H3,(H2,13,14,15)/t7-,8-,9+,12+/m0/s1/i1D3,2D3,3D3,4D3. The Morgan fingerprint density at radius 3 is 2.59 bits per heavy atom. The van der Waals surface area contributed by atoms with Crippen molar-refractivity contribution in [3.63, 3.8) is 0 Å². The highest BCUT2D eigenvalue weighted by Gasteiger charge is 2.65. The molecule has 0 saturated carbocycles. The Hall–Kier alpha value is -0.330. The van der Waals surface area contributed by atoms with E-state index in [2.05, 4.69) is 4.18 Å². The summed E-state index contributed by atoms with van der Waals surface area (Å²) in [5.41, 5.74) is 0. The normalized spacial score (nSPS) is 53.2. The Labute approximate surface area is 146 Å². The zero-order valence-corrected chi connectivity index (χ0v) is 11.7. The van der Waals surface area contributed by atoms with Crippen molar-refractivity contribution in [2.24, 2.45) is 5.14 Å². The highest BCUT2D eigenvalue weighted by molar-refractivity contribution is 7.84. The summed E-state index contributed by atoms with van der Waals surface area (Å²) in [6.45, 7) is -15.9. The van der Waals surface area contributed by atoms with Crippen molar-refractivity contribution in [1.29, 1.82) is 0 Å². The third-order valence-electron chi connectivity index (χ3n) is 3.24. The number of rotatable bonds is 3. The molecule has 3 heterocycles. The van der Waals surface area contributed by atoms with E-state index in [-0.39, 0.29) is 0 Å². The van der Waals surface area contributed by atoms with Crippen LogP contribution >= 0.6 is 0 Å². The molecule has 10 heteroatoms. The molecular formula is C12H21NO8S. The fourth-order valence-electron chi connectivity index (χ4n) is 2.52. The number of nitrogens with two attached hydrogens (primary N) is 1. The lowest BCUT2D eigenvalue weighted by atomic mass is 9.98. The van der Waals surface area contributed by atoms with Crippen LogP contribution in [-0.4, -0.2) is 57.3 Å². The first-order valence-corrected chi connectivity index (χ1v) is 7.43. The second kappa shape index (κ2) is 4.84. The molecule has 0 unspecified atom stereocenters. The summed E-state index contributed by atoms with van der Waals surface area (Å²) in [4.78, 5) is 0. The van der Waals surface area contributed by atoms with Crippen molar-refractivity contribution in [1.82, 2.24) is 0 Å². The molecule has 0 spiro atoms. The summed E-state index contributed by atoms with van der Waals surface area (Å²) in [6.07, 6.45) is -5.37. The molecule has 3 rings (SSSR count). The Bertz CT molecular complexity index is 886. The molecule has 4 atom stereocenters. The van der Waals surface area contributed by atoms with Crippen molar-refractivity contribution in [3.8, 4) is 0 Å². The summed E-state index contributed by atoms with van der Waals surface area (Å²) in [5, 5.41) is 4.81. The van der Waals surface area contributed by atoms with Crippen LogP contribution in [-0.2, 0) is 38.2 Å². The molecule has 22 heavy (non-hydrogen) atoms. The molecule has 0 aromatic carbocycles. The quantitative estimate of drug-likeness (QED) is 0.730. The molecule has 3 aliphatic rings. The minimum Gasteiger partial charge on any atom is -0.343 e. The van der Waals surface area contributed by atoms with Gasteiger partial charge in [-0.15, -0.1) is 0 Å². The van der Waals surface area contributed by atoms with Gasteiger partial charge in [-0.3, -0.25) is 4.18 Å². The predicted molar refractivity (Wildman–Crippen MR) is 71.6 cm³/mol. The number of ether oxygens (including phenoxy) is 5. The van der Waals surface area contributed by atoms with Crippen LogP contribution in [0, 0.1) is 0 Å². The van der Waals surface area contributed by atoms with Crippen LogP contribution in [0.2, 0.25) is 0 Å². The third-order valence-corrected chi connectivity index (χ3v) is 3.69. The summed E-state index contributed by atoms with van der Waals surface area (Å²) >= 11 is 0. The maximum Gasteiger partial charge on any atom is 0.333 e. The smallest absolute Gasteiger partial charge is 0.333 e. The number of hydrogen-bond donors (Lipinski definition) is 1. The molecule has 3 saturated heterocycles. The fourth-order valence-corrected chi connectivity index (χ4v) is 2.85. The van der Waals surface area contributed by atoms with Crippen molar-refractivity contribution in [2.75, 3.05) is 13.2 Å². The van der Waals surface area contributed by atoms with E-state index in [1.54, 1.807) is 0 Å². The SMILES string of the molecule is [2H]C([2H])([2H])C1(C([2H])([2H])[2H])O[C@H]2[C@H](CO[C@]3(COS(N)(=O)=O)OC(C([2H])([2H])[2H])(C([2H])([2H])[2H])O[C@H]23)O1. The van der Waals surface area contributed by atoms with Gasteiger partial charge in [0.15, 0.2) is 11.6 Å². The minimum atomic E-state index is -4.72. The highest BCUT2D eigenvalue weighted by atomic mass is 32.2. The van der Waals surface area contributed by atoms with Gasteiger partial charge in [0.1, 0.15) is 24.9 Å². The minimum absolute atomic E-state index is 0.746. The second-order valence-electron chi connectivity index (χ2n) is 4.99. The van der Waals surface area contributed by atoms with Gasteiger partial charge in [0.05, 0.1) is 6.61 Å². The summed E-state index contributed by atoms with van der Waals surface area (Å²) in [6, 6.07) is 0. The van der Waals surface area contributed by atoms with E-state index in [4.69, 9.17) is 45.3 Å². The molecule has 128 valence electrons. The van der Waals surface area contributed by atoms with E-state index in [9.17, 15) is 8.42 Å². The maximum atomic E-state index is 11.4. The average molecular weight is 351 g/mol. The molecule has 0 aromatic rings. The monoisotopic (exact) mass is 351 g/mol. The number of hydrogen-bond acceptors (Lipinski definition) is 8. The molecule has 0 aliphatic carbocycles. The van der Waals surface area contributed by atoms with Crippen molar-refractivity contribution in [3.05, 3.63) is 0 Å². The summed E-state index contributed by atoms with van der Waals surface area (Å²) in [7, 11) is -4.72. The molecule has 0 radical (unpaired) electrons. The van der Waals surface area contributed by atoms with Crippen molar-refractivity contribution in [2.45, 2.75) is 63.1 Å². The van der Waals surface area contributed by atoms with E-state index >= 15 is 0 Å². The number of fused-ring (bicyclic) bond motifs is 3. The van der Waals surface area contributed by atoms with E-state index in [0.29, 0.717) is 0 Å². The molecule has 2 N–H and O–H groups in total. The van der Waals surface area contributed by atoms with Gasteiger partial charge in [-0.25, -0.2) is 5.14 Å². The van der Waals surface area contributed by atoms with Crippen LogP contribution in [0.1, 0.15) is 43.9 Å². The molecule has 9 nitrogen and oxygen atoms in total. The molecule has 0 amide bonds. The van der Waals surface area contributed by atoms with Crippen molar-refractivity contribution >= 4 is 10.3 Å². The van der Waals surface area contributed by atoms with Gasteiger partial charge in [-0.05, 0) is 27.4 Å². The zero-order valence-electron chi connectivity index (χ0n) is 22.9. The van der Waals surface area contributed by atoms with Crippen LogP contribution < -0.4 is 5.14 Å². The van der Waals surface area contributed by atoms with Gasteiger partial charge in [0, 0.05) is 16.4 Å². The third kappa shape index (κ3) is 3.02. The summed E-state index contributed by atoms with van der Waals surface area (Å²) in [5.74, 6) is -9.31. The lowest BCUT2D eigenvalue weighted by molar-refractivity contribution is -0.290. The van der Waals surface area contributed by atoms with Crippen molar-refractivity contribution < 1.29 is 52.7 Å². The summed E-state index contributed by atoms with van der Waals surface area (Å²) < 4.78 is 146. The predicted octanol–water partition coefficient (Wildman–Crippen LogP) is -0.395. The molecular weight excluding hydrogens is 318 g/mol. The Balaban J connectivity index is 2.14. The zero-order chi connectivity index (χ0) is 26.4. The Morgan fingerprint density at radius 1 is 1.23 bits per heavy atom. The van der Waals surface area contributed by atoms with Crippen LogP contribution in [0.3, 0.4) is 0 Å². The van der Waals surface area contributed by atoms with E-state index in [1.807, 2.05) is 0 Å². The highest BCUT2D eigenvalue weighted by Crippen LogP contribution is 2.47. The van der Waals surface area contributed by atoms with Gasteiger partial charge in [-0.1, -0.05) is 0 Å². The fraction of sp³-hybridized carbons (Fsp3) is 1.00. The van der Waals surface area contributed by atoms with Gasteiger partial charge >= 0.3 is 10.3 Å². The largest absolute Gasteiger partial charge is 0.343 e. The average Bonchev–Trinajstić information content (AvgIpc) is 3.15. The van der Waals surface area contributed by atoms with Gasteiger partial charge in [0.2, 0.25) is 5.79 Å². The van der Waals surface area contributed by atoms with Crippen LogP contribution in [0.15, 0.2) is 0 Å². The first kappa shape index (κ1) is 7.28. The van der Waals surface area contributed by atoms with Crippen LogP contribution in [0.5, 0.6) is 0 Å². The van der Waals surface area contributed by atoms with E-state index in [1.165, 1.54) is 0 Å². The molecule has 3 aliphatic heterocycles. The topological polar surface area (TPSA) is 116 Å². The Kier molecular flexibility index (Phi) is 1.60. The first-order chi connectivity index (χ1) is 14.9. The lowest BCUT2D eigenvalue weighted by Gasteiger charge is -2.40. The maximum absolute atomic E-state index is 11.4. The first-order valence-electron chi connectivity index (χ1n) is 12.0. The van der Waals surface area contributed by atoms with E-state index < -0.39 is 86.6 Å². The van der Waals surface area contributed by atoms with Crippen LogP contribution in [0.25, 0.3) is 0 Å².